The Kier molecular flexibility index (Phi) is 3.20. The fraction of sp³-hybridized carbons (Fsp3) is 0.714. The van der Waals surface area contributed by atoms with Crippen molar-refractivity contribution >= 4 is 5.82 Å². The lowest BCUT2D eigenvalue weighted by Gasteiger charge is -2.35. The van der Waals surface area contributed by atoms with E-state index in [0.717, 1.165) is 48.7 Å². The Morgan fingerprint density at radius 2 is 2.17 bits per heavy atom. The molecule has 18 heavy (non-hydrogen) atoms. The van der Waals surface area contributed by atoms with Crippen LogP contribution in [0.1, 0.15) is 24.9 Å². The summed E-state index contributed by atoms with van der Waals surface area (Å²) in [5.41, 5.74) is 1.16. The first-order valence-corrected chi connectivity index (χ1v) is 7.06. The van der Waals surface area contributed by atoms with Crippen LogP contribution in [0.3, 0.4) is 0 Å². The average molecular weight is 246 g/mol. The van der Waals surface area contributed by atoms with Crippen LogP contribution in [0.5, 0.6) is 0 Å². The molecule has 3 heterocycles. The second-order valence-electron chi connectivity index (χ2n) is 5.53. The lowest BCUT2D eigenvalue weighted by atomic mass is 9.89. The molecule has 0 saturated carbocycles. The van der Waals surface area contributed by atoms with Crippen molar-refractivity contribution in [3.8, 4) is 0 Å². The monoisotopic (exact) mass is 246 g/mol. The molecule has 0 spiro atoms. The number of aryl methyl sites for hydroxylation is 2. The van der Waals surface area contributed by atoms with E-state index in [0.29, 0.717) is 0 Å². The van der Waals surface area contributed by atoms with E-state index in [9.17, 15) is 0 Å². The average Bonchev–Trinajstić information content (AvgIpc) is 2.85. The van der Waals surface area contributed by atoms with Gasteiger partial charge in [0.1, 0.15) is 11.6 Å². The van der Waals surface area contributed by atoms with Gasteiger partial charge in [-0.05, 0) is 44.7 Å². The van der Waals surface area contributed by atoms with Gasteiger partial charge in [-0.1, -0.05) is 6.92 Å². The predicted molar refractivity (Wildman–Crippen MR) is 72.8 cm³/mol. The topological polar surface area (TPSA) is 41.0 Å². The minimum absolute atomic E-state index is 0.805. The summed E-state index contributed by atoms with van der Waals surface area (Å²) < 4.78 is 0. The van der Waals surface area contributed by atoms with E-state index in [1.54, 1.807) is 0 Å². The van der Waals surface area contributed by atoms with Gasteiger partial charge in [-0.25, -0.2) is 9.97 Å². The zero-order valence-corrected chi connectivity index (χ0v) is 11.3. The van der Waals surface area contributed by atoms with Crippen LogP contribution in [0.15, 0.2) is 6.07 Å². The van der Waals surface area contributed by atoms with Gasteiger partial charge in [0.15, 0.2) is 0 Å². The van der Waals surface area contributed by atoms with Gasteiger partial charge in [0.05, 0.1) is 0 Å². The molecule has 2 fully saturated rings. The summed E-state index contributed by atoms with van der Waals surface area (Å²) in [5, 5.41) is 3.51. The molecule has 0 amide bonds. The van der Waals surface area contributed by atoms with Gasteiger partial charge in [0.2, 0.25) is 0 Å². The quantitative estimate of drug-likeness (QED) is 0.856. The minimum atomic E-state index is 0.805. The lowest BCUT2D eigenvalue weighted by Crippen LogP contribution is -2.40. The van der Waals surface area contributed by atoms with Crippen LogP contribution in [0.25, 0.3) is 0 Å². The maximum Gasteiger partial charge on any atom is 0.132 e. The first-order valence-electron chi connectivity index (χ1n) is 7.06. The maximum absolute atomic E-state index is 4.61. The van der Waals surface area contributed by atoms with Crippen molar-refractivity contribution in [1.82, 2.24) is 15.3 Å². The second-order valence-corrected chi connectivity index (χ2v) is 5.53. The van der Waals surface area contributed by atoms with Crippen LogP contribution in [0.4, 0.5) is 5.82 Å². The van der Waals surface area contributed by atoms with Crippen LogP contribution in [-0.4, -0.2) is 36.1 Å². The molecule has 2 atom stereocenters. The van der Waals surface area contributed by atoms with E-state index in [1.807, 2.05) is 6.92 Å². The third-order valence-electron chi connectivity index (χ3n) is 4.27. The summed E-state index contributed by atoms with van der Waals surface area (Å²) in [5.74, 6) is 3.72. The standard InChI is InChI=1S/C14H22N4/c1-3-13-6-14(17-10(2)16-13)18-5-4-11-7-15-8-12(11)9-18/h6,11-12,15H,3-5,7-9H2,1-2H3. The van der Waals surface area contributed by atoms with Crippen LogP contribution in [0, 0.1) is 18.8 Å². The molecule has 2 aliphatic heterocycles. The number of anilines is 1. The highest BCUT2D eigenvalue weighted by molar-refractivity contribution is 5.40. The Morgan fingerprint density at radius 1 is 1.33 bits per heavy atom. The molecule has 2 unspecified atom stereocenters. The number of aromatic nitrogens is 2. The van der Waals surface area contributed by atoms with Gasteiger partial charge < -0.3 is 10.2 Å². The molecule has 0 radical (unpaired) electrons. The number of piperidine rings is 1. The number of rotatable bonds is 2. The molecule has 2 aliphatic rings. The molecular weight excluding hydrogens is 224 g/mol. The normalized spacial score (nSPS) is 27.3. The van der Waals surface area contributed by atoms with Crippen molar-refractivity contribution in [1.29, 1.82) is 0 Å². The molecule has 4 nitrogen and oxygen atoms in total. The summed E-state index contributed by atoms with van der Waals surface area (Å²) in [4.78, 5) is 11.5. The zero-order chi connectivity index (χ0) is 12.5. The number of nitrogens with one attached hydrogen (secondary N) is 1. The highest BCUT2D eigenvalue weighted by Crippen LogP contribution is 2.29. The molecule has 0 aliphatic carbocycles. The van der Waals surface area contributed by atoms with Gasteiger partial charge in [0, 0.05) is 24.8 Å². The summed E-state index contributed by atoms with van der Waals surface area (Å²) in [6.07, 6.45) is 2.28. The Balaban J connectivity index is 1.80. The number of hydrogen-bond donors (Lipinski definition) is 1. The Morgan fingerprint density at radius 3 is 3.00 bits per heavy atom. The van der Waals surface area contributed by atoms with Gasteiger partial charge in [0.25, 0.3) is 0 Å². The van der Waals surface area contributed by atoms with E-state index in [2.05, 4.69) is 33.2 Å². The second kappa shape index (κ2) is 4.84. The van der Waals surface area contributed by atoms with Crippen molar-refractivity contribution in [2.24, 2.45) is 11.8 Å². The molecule has 1 aromatic rings. The van der Waals surface area contributed by atoms with Gasteiger partial charge in [-0.15, -0.1) is 0 Å². The number of nitrogens with zero attached hydrogens (tertiary/aromatic N) is 3. The summed E-state index contributed by atoms with van der Waals surface area (Å²) in [6, 6.07) is 2.16. The molecule has 3 rings (SSSR count). The Hall–Kier alpha value is -1.16. The number of fused-ring (bicyclic) bond motifs is 1. The van der Waals surface area contributed by atoms with Crippen LogP contribution in [-0.2, 0) is 6.42 Å². The van der Waals surface area contributed by atoms with Crippen molar-refractivity contribution in [3.05, 3.63) is 17.6 Å². The van der Waals surface area contributed by atoms with Gasteiger partial charge in [-0.3, -0.25) is 0 Å². The number of hydrogen-bond acceptors (Lipinski definition) is 4. The minimum Gasteiger partial charge on any atom is -0.356 e. The van der Waals surface area contributed by atoms with Crippen LogP contribution >= 0.6 is 0 Å². The molecule has 98 valence electrons. The fourth-order valence-electron chi connectivity index (χ4n) is 3.20. The van der Waals surface area contributed by atoms with E-state index >= 15 is 0 Å². The SMILES string of the molecule is CCc1cc(N2CCC3CNCC3C2)nc(C)n1. The van der Waals surface area contributed by atoms with Crippen molar-refractivity contribution in [3.63, 3.8) is 0 Å². The van der Waals surface area contributed by atoms with E-state index in [4.69, 9.17) is 0 Å². The zero-order valence-electron chi connectivity index (χ0n) is 11.3. The molecule has 1 aromatic heterocycles. The summed E-state index contributed by atoms with van der Waals surface area (Å²) in [6.45, 7) is 8.82. The molecule has 2 saturated heterocycles. The van der Waals surface area contributed by atoms with Crippen molar-refractivity contribution in [2.45, 2.75) is 26.7 Å². The molecular formula is C14H22N4. The Bertz CT molecular complexity index is 432. The summed E-state index contributed by atoms with van der Waals surface area (Å²) in [7, 11) is 0. The highest BCUT2D eigenvalue weighted by atomic mass is 15.2. The van der Waals surface area contributed by atoms with Gasteiger partial charge >= 0.3 is 0 Å². The van der Waals surface area contributed by atoms with Crippen LogP contribution < -0.4 is 10.2 Å². The smallest absolute Gasteiger partial charge is 0.132 e. The van der Waals surface area contributed by atoms with E-state index in [-0.39, 0.29) is 0 Å². The lowest BCUT2D eigenvalue weighted by molar-refractivity contribution is 0.347. The molecule has 4 heteroatoms. The molecule has 1 N–H and O–H groups in total. The van der Waals surface area contributed by atoms with E-state index < -0.39 is 0 Å². The first-order chi connectivity index (χ1) is 8.76. The third-order valence-corrected chi connectivity index (χ3v) is 4.27. The maximum atomic E-state index is 4.61. The third kappa shape index (κ3) is 2.21. The fourth-order valence-corrected chi connectivity index (χ4v) is 3.20. The highest BCUT2D eigenvalue weighted by Gasteiger charge is 2.33. The van der Waals surface area contributed by atoms with Crippen LogP contribution in [0.2, 0.25) is 0 Å². The van der Waals surface area contributed by atoms with Gasteiger partial charge in [-0.2, -0.15) is 0 Å². The summed E-state index contributed by atoms with van der Waals surface area (Å²) >= 11 is 0. The Labute approximate surface area is 109 Å². The largest absolute Gasteiger partial charge is 0.356 e. The molecule has 0 bridgehead atoms. The van der Waals surface area contributed by atoms with Crippen molar-refractivity contribution in [2.75, 3.05) is 31.1 Å². The first kappa shape index (κ1) is 11.9. The predicted octanol–water partition coefficient (Wildman–Crippen LogP) is 1.39. The van der Waals surface area contributed by atoms with E-state index in [1.165, 1.54) is 19.5 Å². The van der Waals surface area contributed by atoms with Crippen molar-refractivity contribution < 1.29 is 0 Å². The molecule has 0 aromatic carbocycles.